The van der Waals surface area contributed by atoms with E-state index < -0.39 is 11.2 Å². The van der Waals surface area contributed by atoms with Gasteiger partial charge in [-0.3, -0.25) is 13.9 Å². The lowest BCUT2D eigenvalue weighted by atomic mass is 10.2. The maximum atomic E-state index is 12.4. The smallest absolute Gasteiger partial charge is 0.332 e. The molecule has 0 atom stereocenters. The maximum Gasteiger partial charge on any atom is 0.332 e. The molecule has 0 bridgehead atoms. The van der Waals surface area contributed by atoms with Crippen LogP contribution in [0.15, 0.2) is 39.0 Å². The highest BCUT2D eigenvalue weighted by Gasteiger charge is 2.16. The van der Waals surface area contributed by atoms with Crippen molar-refractivity contribution < 1.29 is 0 Å². The highest BCUT2D eigenvalue weighted by Crippen LogP contribution is 2.15. The average molecular weight is 383 g/mol. The van der Waals surface area contributed by atoms with Gasteiger partial charge >= 0.3 is 5.69 Å². The van der Waals surface area contributed by atoms with Crippen LogP contribution in [0.3, 0.4) is 0 Å². The molecule has 0 amide bonds. The number of hydrogen-bond donors (Lipinski definition) is 1. The van der Waals surface area contributed by atoms with Gasteiger partial charge in [-0.25, -0.2) is 10.2 Å². The maximum absolute atomic E-state index is 12.4. The highest BCUT2D eigenvalue weighted by molar-refractivity contribution is 5.81. The van der Waals surface area contributed by atoms with E-state index >= 15 is 0 Å². The van der Waals surface area contributed by atoms with Crippen molar-refractivity contribution in [2.24, 2.45) is 26.2 Å². The molecule has 0 unspecified atom stereocenters. The molecule has 0 saturated heterocycles. The normalized spacial score (nSPS) is 11.5. The standard InChI is InChI=1S/C19H25N7O2/c1-6-26(7-2)14-10-8-13(9-11-14)12-20-22-18-21-16-15(23(18)3)17(27)25(5)19(28)24(16)4/h8-12H,6-7H2,1-5H3,(H,21,22)/b20-12-. The molecule has 3 aromatic rings. The lowest BCUT2D eigenvalue weighted by Crippen LogP contribution is -2.37. The molecule has 0 fully saturated rings. The zero-order valence-corrected chi connectivity index (χ0v) is 16.8. The number of anilines is 2. The van der Waals surface area contributed by atoms with Crippen molar-refractivity contribution in [3.05, 3.63) is 50.7 Å². The third kappa shape index (κ3) is 3.30. The quantitative estimate of drug-likeness (QED) is 0.511. The number of rotatable bonds is 6. The summed E-state index contributed by atoms with van der Waals surface area (Å²) < 4.78 is 4.00. The first kappa shape index (κ1) is 19.4. The Bertz CT molecular complexity index is 1130. The van der Waals surface area contributed by atoms with E-state index in [9.17, 15) is 9.59 Å². The Hall–Kier alpha value is -3.36. The molecule has 0 aliphatic rings. The summed E-state index contributed by atoms with van der Waals surface area (Å²) in [7, 11) is 4.74. The number of aryl methyl sites for hydroxylation is 2. The fraction of sp³-hybridized carbons (Fsp3) is 0.368. The van der Waals surface area contributed by atoms with Crippen molar-refractivity contribution in [1.29, 1.82) is 0 Å². The van der Waals surface area contributed by atoms with Gasteiger partial charge in [0.2, 0.25) is 5.95 Å². The molecule has 0 spiro atoms. The molecule has 2 heterocycles. The highest BCUT2D eigenvalue weighted by atomic mass is 16.2. The first-order chi connectivity index (χ1) is 13.4. The van der Waals surface area contributed by atoms with Crippen LogP contribution in [0.4, 0.5) is 11.6 Å². The number of imidazole rings is 1. The van der Waals surface area contributed by atoms with Crippen molar-refractivity contribution in [3.63, 3.8) is 0 Å². The van der Waals surface area contributed by atoms with E-state index in [1.165, 1.54) is 17.3 Å². The molecular formula is C19H25N7O2. The number of nitrogens with one attached hydrogen (secondary N) is 1. The van der Waals surface area contributed by atoms with Crippen LogP contribution in [0, 0.1) is 0 Å². The lowest BCUT2D eigenvalue weighted by Gasteiger charge is -2.20. The van der Waals surface area contributed by atoms with E-state index in [1.54, 1.807) is 24.9 Å². The Labute approximate surface area is 162 Å². The number of nitrogens with zero attached hydrogens (tertiary/aromatic N) is 6. The third-order valence-electron chi connectivity index (χ3n) is 4.88. The summed E-state index contributed by atoms with van der Waals surface area (Å²) in [5.74, 6) is 0.379. The molecule has 28 heavy (non-hydrogen) atoms. The van der Waals surface area contributed by atoms with Gasteiger partial charge in [-0.2, -0.15) is 10.1 Å². The van der Waals surface area contributed by atoms with Crippen molar-refractivity contribution >= 4 is 29.0 Å². The van der Waals surface area contributed by atoms with E-state index in [-0.39, 0.29) is 0 Å². The van der Waals surface area contributed by atoms with Crippen molar-refractivity contribution in [2.75, 3.05) is 23.4 Å². The Kier molecular flexibility index (Phi) is 5.34. The number of aromatic nitrogens is 4. The molecule has 0 aliphatic heterocycles. The van der Waals surface area contributed by atoms with Gasteiger partial charge < -0.3 is 9.47 Å². The van der Waals surface area contributed by atoms with E-state index in [0.29, 0.717) is 17.1 Å². The van der Waals surface area contributed by atoms with Gasteiger partial charge in [-0.05, 0) is 31.5 Å². The number of hydrazone groups is 1. The predicted molar refractivity (Wildman–Crippen MR) is 112 cm³/mol. The van der Waals surface area contributed by atoms with Crippen molar-refractivity contribution in [2.45, 2.75) is 13.8 Å². The van der Waals surface area contributed by atoms with E-state index in [0.717, 1.165) is 23.2 Å². The van der Waals surface area contributed by atoms with Gasteiger partial charge in [0.05, 0.1) is 6.21 Å². The van der Waals surface area contributed by atoms with Gasteiger partial charge in [0.1, 0.15) is 0 Å². The van der Waals surface area contributed by atoms with Crippen LogP contribution >= 0.6 is 0 Å². The number of hydrogen-bond acceptors (Lipinski definition) is 6. The summed E-state index contributed by atoms with van der Waals surface area (Å²) in [5, 5.41) is 4.22. The molecule has 9 nitrogen and oxygen atoms in total. The fourth-order valence-electron chi connectivity index (χ4n) is 3.14. The second-order valence-corrected chi connectivity index (χ2v) is 6.51. The molecular weight excluding hydrogens is 358 g/mol. The number of fused-ring (bicyclic) bond motifs is 1. The summed E-state index contributed by atoms with van der Waals surface area (Å²) in [6.07, 6.45) is 1.68. The third-order valence-corrected chi connectivity index (χ3v) is 4.88. The largest absolute Gasteiger partial charge is 0.372 e. The lowest BCUT2D eigenvalue weighted by molar-refractivity contribution is 0.705. The Morgan fingerprint density at radius 2 is 1.68 bits per heavy atom. The first-order valence-electron chi connectivity index (χ1n) is 9.15. The molecule has 0 aliphatic carbocycles. The van der Waals surface area contributed by atoms with Gasteiger partial charge in [0.25, 0.3) is 5.56 Å². The minimum absolute atomic E-state index is 0.317. The van der Waals surface area contributed by atoms with E-state index in [4.69, 9.17) is 0 Å². The number of benzene rings is 1. The molecule has 1 aromatic carbocycles. The molecule has 2 aromatic heterocycles. The van der Waals surface area contributed by atoms with Gasteiger partial charge in [0.15, 0.2) is 11.2 Å². The summed E-state index contributed by atoms with van der Waals surface area (Å²) in [4.78, 5) is 31.1. The van der Waals surface area contributed by atoms with Gasteiger partial charge in [0, 0.05) is 39.9 Å². The van der Waals surface area contributed by atoms with E-state index in [2.05, 4.69) is 46.4 Å². The monoisotopic (exact) mass is 383 g/mol. The van der Waals surface area contributed by atoms with Crippen LogP contribution < -0.4 is 21.6 Å². The molecule has 0 saturated carbocycles. The summed E-state index contributed by atoms with van der Waals surface area (Å²) in [6.45, 7) is 6.17. The Morgan fingerprint density at radius 3 is 2.29 bits per heavy atom. The Balaban J connectivity index is 1.85. The minimum Gasteiger partial charge on any atom is -0.372 e. The zero-order valence-electron chi connectivity index (χ0n) is 16.8. The van der Waals surface area contributed by atoms with Crippen LogP contribution in [0.5, 0.6) is 0 Å². The fourth-order valence-corrected chi connectivity index (χ4v) is 3.14. The second-order valence-electron chi connectivity index (χ2n) is 6.51. The second kappa shape index (κ2) is 7.71. The summed E-state index contributed by atoms with van der Waals surface area (Å²) in [5.41, 5.74) is 4.80. The predicted octanol–water partition coefficient (Wildman–Crippen LogP) is 1.26. The van der Waals surface area contributed by atoms with E-state index in [1.807, 2.05) is 12.1 Å². The molecule has 1 N–H and O–H groups in total. The van der Waals surface area contributed by atoms with Crippen molar-refractivity contribution in [1.82, 2.24) is 18.7 Å². The first-order valence-corrected chi connectivity index (χ1v) is 9.15. The van der Waals surface area contributed by atoms with Gasteiger partial charge in [-0.1, -0.05) is 12.1 Å². The SMILES string of the molecule is CCN(CC)c1ccc(/C=N\Nc2nc3c(c(=O)n(C)c(=O)n3C)n2C)cc1. The minimum atomic E-state index is -0.418. The molecule has 3 rings (SSSR count). The molecule has 0 radical (unpaired) electrons. The Morgan fingerprint density at radius 1 is 1.04 bits per heavy atom. The summed E-state index contributed by atoms with van der Waals surface area (Å²) in [6, 6.07) is 8.10. The van der Waals surface area contributed by atoms with Crippen molar-refractivity contribution in [3.8, 4) is 0 Å². The molecule has 9 heteroatoms. The van der Waals surface area contributed by atoms with Crippen LogP contribution in [0.1, 0.15) is 19.4 Å². The molecule has 148 valence electrons. The van der Waals surface area contributed by atoms with Crippen LogP contribution in [-0.4, -0.2) is 38.0 Å². The zero-order chi connectivity index (χ0) is 20.4. The van der Waals surface area contributed by atoms with Crippen LogP contribution in [-0.2, 0) is 21.1 Å². The van der Waals surface area contributed by atoms with Crippen LogP contribution in [0.25, 0.3) is 11.2 Å². The average Bonchev–Trinajstić information content (AvgIpc) is 3.03. The topological polar surface area (TPSA) is 89.5 Å². The van der Waals surface area contributed by atoms with Gasteiger partial charge in [-0.15, -0.1) is 0 Å². The van der Waals surface area contributed by atoms with Crippen LogP contribution in [0.2, 0.25) is 0 Å². The summed E-state index contributed by atoms with van der Waals surface area (Å²) >= 11 is 0.